The molecule has 0 aromatic rings. The summed E-state index contributed by atoms with van der Waals surface area (Å²) in [6.45, 7) is 2.04. The van der Waals surface area contributed by atoms with Crippen molar-refractivity contribution in [3.05, 3.63) is 0 Å². The molecule has 4 heavy (non-hydrogen) atoms. The number of hydrogen-bond acceptors (Lipinski definition) is 1. The Morgan fingerprint density at radius 1 is 2.00 bits per heavy atom. The SMILES string of the molecule is C[SiH2]N.[H-].[Li+]. The average molecular weight is 69.1 g/mol. The van der Waals surface area contributed by atoms with E-state index in [1.54, 1.807) is 0 Å². The topological polar surface area (TPSA) is 26.0 Å². The summed E-state index contributed by atoms with van der Waals surface area (Å²) in [4.78, 5) is 0. The molecule has 0 unspecified atom stereocenters. The van der Waals surface area contributed by atoms with E-state index >= 15 is 0 Å². The van der Waals surface area contributed by atoms with Crippen molar-refractivity contribution >= 4 is 9.68 Å². The number of hydrogen-bond donors (Lipinski definition) is 1. The Bertz CT molecular complexity index is 11.6. The Kier molecular flexibility index (Phi) is 20.4. The van der Waals surface area contributed by atoms with E-state index in [0.29, 0.717) is 0 Å². The quantitative estimate of drug-likeness (QED) is 0.290. The molecule has 0 bridgehead atoms. The maximum absolute atomic E-state index is 4.99. The minimum Gasteiger partial charge on any atom is -1.00 e. The third-order valence-electron chi connectivity index (χ3n) is 0. The van der Waals surface area contributed by atoms with Crippen LogP contribution in [0.15, 0.2) is 0 Å². The molecule has 2 N–H and O–H groups in total. The zero-order valence-electron chi connectivity index (χ0n) is 4.28. The van der Waals surface area contributed by atoms with Crippen LogP contribution in [0.2, 0.25) is 6.55 Å². The van der Waals surface area contributed by atoms with E-state index in [4.69, 9.17) is 5.40 Å². The van der Waals surface area contributed by atoms with E-state index < -0.39 is 0 Å². The second kappa shape index (κ2) is 9.23. The van der Waals surface area contributed by atoms with Crippen LogP contribution in [0.5, 0.6) is 0 Å². The van der Waals surface area contributed by atoms with Crippen LogP contribution in [0.3, 0.4) is 0 Å². The summed E-state index contributed by atoms with van der Waals surface area (Å²) in [5, 5.41) is 4.99. The van der Waals surface area contributed by atoms with Crippen molar-refractivity contribution in [1.82, 2.24) is 0 Å². The Balaban J connectivity index is -0.0000000200. The summed E-state index contributed by atoms with van der Waals surface area (Å²) in [5.74, 6) is 0. The molecule has 0 aromatic heterocycles. The van der Waals surface area contributed by atoms with Gasteiger partial charge in [-0.3, -0.25) is 0 Å². The molecule has 0 radical (unpaired) electrons. The molecule has 0 aliphatic rings. The molecule has 0 fully saturated rings. The van der Waals surface area contributed by atoms with Gasteiger partial charge in [-0.1, -0.05) is 6.55 Å². The molecular weight excluding hydrogens is 61.0 g/mol. The second-order valence-corrected chi connectivity index (χ2v) is 1.22. The third kappa shape index (κ3) is 14.6. The van der Waals surface area contributed by atoms with Crippen molar-refractivity contribution in [3.63, 3.8) is 0 Å². The van der Waals surface area contributed by atoms with Crippen molar-refractivity contribution in [2.75, 3.05) is 0 Å². The van der Waals surface area contributed by atoms with E-state index in [0.717, 1.165) is 0 Å². The average Bonchev–Trinajstić information content (AvgIpc) is 0.918. The fourth-order valence-electron chi connectivity index (χ4n) is 0. The zero-order chi connectivity index (χ0) is 2.71. The molecule has 0 heterocycles. The van der Waals surface area contributed by atoms with Crippen LogP contribution in [-0.2, 0) is 0 Å². The van der Waals surface area contributed by atoms with E-state index in [1.165, 1.54) is 0 Å². The Hall–Kier alpha value is 0.774. The standard InChI is InChI=1S/CH7NSi.Li.H/c1-3-2;;/h2-3H2,1H3;;/q;+1;-1. The van der Waals surface area contributed by atoms with Gasteiger partial charge in [-0.2, -0.15) is 0 Å². The van der Waals surface area contributed by atoms with Gasteiger partial charge in [0, 0.05) is 0 Å². The molecule has 1 nitrogen and oxygen atoms in total. The molecule has 0 rings (SSSR count). The molecule has 0 aliphatic heterocycles. The van der Waals surface area contributed by atoms with Crippen molar-refractivity contribution in [1.29, 1.82) is 0 Å². The van der Waals surface area contributed by atoms with Crippen molar-refractivity contribution in [3.8, 4) is 0 Å². The monoisotopic (exact) mass is 69.1 g/mol. The van der Waals surface area contributed by atoms with Gasteiger partial charge in [-0.05, 0) is 0 Å². The minimum absolute atomic E-state index is 0. The molecule has 0 atom stereocenters. The second-order valence-electron chi connectivity index (χ2n) is 0.408. The summed E-state index contributed by atoms with van der Waals surface area (Å²) in [5.41, 5.74) is 0. The van der Waals surface area contributed by atoms with Gasteiger partial charge >= 0.3 is 18.9 Å². The molecule has 0 amide bonds. The van der Waals surface area contributed by atoms with E-state index in [2.05, 4.69) is 0 Å². The first-order chi connectivity index (χ1) is 1.41. The predicted octanol–water partition coefficient (Wildman–Crippen LogP) is -3.81. The first-order valence-electron chi connectivity index (χ1n) is 1.12. The van der Waals surface area contributed by atoms with Crippen LogP contribution in [0.1, 0.15) is 1.43 Å². The molecule has 0 aromatic carbocycles. The van der Waals surface area contributed by atoms with Crippen LogP contribution < -0.4 is 24.3 Å². The summed E-state index contributed by atoms with van der Waals surface area (Å²) >= 11 is 0. The first kappa shape index (κ1) is 8.84. The smallest absolute Gasteiger partial charge is 1.00 e. The predicted molar refractivity (Wildman–Crippen MR) is 19.7 cm³/mol. The van der Waals surface area contributed by atoms with Crippen LogP contribution in [-0.4, -0.2) is 9.68 Å². The van der Waals surface area contributed by atoms with Gasteiger partial charge < -0.3 is 6.83 Å². The third-order valence-corrected chi connectivity index (χ3v) is 0. The van der Waals surface area contributed by atoms with Crippen LogP contribution in [0.25, 0.3) is 0 Å². The molecule has 0 saturated carbocycles. The van der Waals surface area contributed by atoms with E-state index in [1.807, 2.05) is 6.55 Å². The first-order valence-corrected chi connectivity index (χ1v) is 3.35. The number of nitrogens with two attached hydrogens (primary N) is 1. The summed E-state index contributed by atoms with van der Waals surface area (Å²) < 4.78 is 0. The fraction of sp³-hybridized carbons (Fsp3) is 1.00. The summed E-state index contributed by atoms with van der Waals surface area (Å²) in [7, 11) is -0.0833. The van der Waals surface area contributed by atoms with Gasteiger partial charge in [0.1, 0.15) is 0 Å². The van der Waals surface area contributed by atoms with Gasteiger partial charge in [0.2, 0.25) is 0 Å². The van der Waals surface area contributed by atoms with Crippen LogP contribution in [0, 0.1) is 0 Å². The molecule has 0 aliphatic carbocycles. The van der Waals surface area contributed by atoms with E-state index in [9.17, 15) is 0 Å². The van der Waals surface area contributed by atoms with Gasteiger partial charge in [-0.15, -0.1) is 0 Å². The van der Waals surface area contributed by atoms with Crippen molar-refractivity contribution in [2.45, 2.75) is 6.55 Å². The summed E-state index contributed by atoms with van der Waals surface area (Å²) in [6, 6.07) is 0. The summed E-state index contributed by atoms with van der Waals surface area (Å²) in [6.07, 6.45) is 0. The number of rotatable bonds is 0. The van der Waals surface area contributed by atoms with Crippen molar-refractivity contribution < 1.29 is 20.3 Å². The Morgan fingerprint density at radius 2 is 2.00 bits per heavy atom. The zero-order valence-corrected chi connectivity index (χ0v) is 4.70. The van der Waals surface area contributed by atoms with Gasteiger partial charge in [0.25, 0.3) is 0 Å². The van der Waals surface area contributed by atoms with Gasteiger partial charge in [0.15, 0.2) is 0 Å². The Labute approximate surface area is 42.5 Å². The minimum atomic E-state index is -0.0833. The van der Waals surface area contributed by atoms with Crippen LogP contribution in [0.4, 0.5) is 0 Å². The normalized spacial score (nSPS) is 7.50. The molecule has 0 saturated heterocycles. The molecule has 0 spiro atoms. The molecule has 22 valence electrons. The van der Waals surface area contributed by atoms with Gasteiger partial charge in [-0.25, -0.2) is 0 Å². The van der Waals surface area contributed by atoms with Crippen molar-refractivity contribution in [2.24, 2.45) is 5.40 Å². The fourth-order valence-corrected chi connectivity index (χ4v) is 0. The Morgan fingerprint density at radius 3 is 2.00 bits per heavy atom. The maximum atomic E-state index is 4.99. The largest absolute Gasteiger partial charge is 1.00 e. The molecule has 3 heteroatoms. The van der Waals surface area contributed by atoms with E-state index in [-0.39, 0.29) is 30.0 Å². The maximum Gasteiger partial charge on any atom is 1.00 e. The van der Waals surface area contributed by atoms with Gasteiger partial charge in [0.05, 0.1) is 9.68 Å². The van der Waals surface area contributed by atoms with Crippen LogP contribution >= 0.6 is 0 Å². The molecular formula is CH8LiNSi.